The fourth-order valence-electron chi connectivity index (χ4n) is 5.50. The number of allylic oxidation sites excluding steroid dienone is 6. The minimum absolute atomic E-state index is 0.0238. The van der Waals surface area contributed by atoms with Gasteiger partial charge in [-0.05, 0) is 41.0 Å². The molecule has 3 aliphatic carbocycles. The number of carbonyl (C=O) groups is 2. The zero-order valence-electron chi connectivity index (χ0n) is 18.5. The van der Waals surface area contributed by atoms with Crippen molar-refractivity contribution < 1.29 is 19.4 Å². The van der Waals surface area contributed by atoms with Crippen LogP contribution in [0.2, 0.25) is 0 Å². The molecule has 1 atom stereocenters. The minimum atomic E-state index is -0.372. The van der Waals surface area contributed by atoms with E-state index in [2.05, 4.69) is 13.8 Å². The zero-order chi connectivity index (χ0) is 22.1. The van der Waals surface area contributed by atoms with Crippen molar-refractivity contribution in [3.63, 3.8) is 0 Å². The molecule has 0 bridgehead atoms. The van der Waals surface area contributed by atoms with Crippen LogP contribution < -0.4 is 4.74 Å². The summed E-state index contributed by atoms with van der Waals surface area (Å²) < 4.78 is 6.21. The van der Waals surface area contributed by atoms with Crippen LogP contribution in [0.5, 0.6) is 5.75 Å². The number of Topliss-reactive ketones (excluding diaryl/α,β-unsaturated/α-hetero) is 2. The Kier molecular flexibility index (Phi) is 4.24. The number of fused-ring (bicyclic) bond motifs is 4. The molecule has 160 valence electrons. The summed E-state index contributed by atoms with van der Waals surface area (Å²) in [5.74, 6) is 1.24. The number of carbonyl (C=O) groups excluding carboxylic acids is 2. The molecule has 31 heavy (non-hydrogen) atoms. The summed E-state index contributed by atoms with van der Waals surface area (Å²) in [6.45, 7) is 8.24. The Labute approximate surface area is 183 Å². The molecular weight excluding hydrogens is 388 g/mol. The van der Waals surface area contributed by atoms with Gasteiger partial charge in [-0.3, -0.25) is 9.59 Å². The highest BCUT2D eigenvalue weighted by Gasteiger charge is 2.40. The lowest BCUT2D eigenvalue weighted by Gasteiger charge is -2.36. The molecule has 5 rings (SSSR count). The smallest absolute Gasteiger partial charge is 0.164 e. The number of hydrogen-bond acceptors (Lipinski definition) is 4. The summed E-state index contributed by atoms with van der Waals surface area (Å²) in [7, 11) is 0. The predicted molar refractivity (Wildman–Crippen MR) is 120 cm³/mol. The Morgan fingerprint density at radius 1 is 0.968 bits per heavy atom. The number of ether oxygens (including phenoxy) is 1. The summed E-state index contributed by atoms with van der Waals surface area (Å²) in [6, 6.07) is 3.94. The first kappa shape index (κ1) is 20.0. The number of benzene rings is 1. The molecule has 1 aromatic rings. The highest BCUT2D eigenvalue weighted by Crippen LogP contribution is 2.47. The van der Waals surface area contributed by atoms with Gasteiger partial charge in [-0.25, -0.2) is 0 Å². The Hall–Kier alpha value is -2.88. The van der Waals surface area contributed by atoms with Crippen molar-refractivity contribution in [2.45, 2.75) is 53.4 Å². The van der Waals surface area contributed by atoms with E-state index in [0.717, 1.165) is 28.7 Å². The fraction of sp³-hybridized carbons (Fsp3) is 0.407. The molecule has 0 spiro atoms. The van der Waals surface area contributed by atoms with E-state index < -0.39 is 0 Å². The topological polar surface area (TPSA) is 63.6 Å². The first-order valence-corrected chi connectivity index (χ1v) is 11.0. The first-order valence-electron chi connectivity index (χ1n) is 11.0. The van der Waals surface area contributed by atoms with E-state index in [4.69, 9.17) is 4.74 Å². The van der Waals surface area contributed by atoms with Crippen LogP contribution in [0, 0.1) is 16.7 Å². The summed E-state index contributed by atoms with van der Waals surface area (Å²) in [4.78, 5) is 26.1. The number of ketones is 2. The van der Waals surface area contributed by atoms with Crippen molar-refractivity contribution in [2.24, 2.45) is 16.7 Å². The lowest BCUT2D eigenvalue weighted by Crippen LogP contribution is -2.31. The second kappa shape index (κ2) is 6.56. The van der Waals surface area contributed by atoms with Gasteiger partial charge in [-0.15, -0.1) is 0 Å². The lowest BCUT2D eigenvalue weighted by molar-refractivity contribution is -0.118. The second-order valence-electron chi connectivity index (χ2n) is 10.8. The van der Waals surface area contributed by atoms with Crippen molar-refractivity contribution in [3.05, 3.63) is 69.7 Å². The molecule has 1 unspecified atom stereocenters. The number of hydrogen-bond donors (Lipinski definition) is 1. The Morgan fingerprint density at radius 2 is 1.68 bits per heavy atom. The molecule has 4 heteroatoms. The maximum Gasteiger partial charge on any atom is 0.164 e. The molecule has 0 fully saturated rings. The molecule has 0 saturated carbocycles. The normalized spacial score (nSPS) is 25.7. The van der Waals surface area contributed by atoms with Gasteiger partial charge in [-0.1, -0.05) is 45.9 Å². The van der Waals surface area contributed by atoms with Gasteiger partial charge in [0.05, 0.1) is 0 Å². The van der Waals surface area contributed by atoms with E-state index in [-0.39, 0.29) is 34.1 Å². The molecular formula is C27H28O4. The summed E-state index contributed by atoms with van der Waals surface area (Å²) in [5.41, 5.74) is 3.57. The van der Waals surface area contributed by atoms with Gasteiger partial charge in [0.25, 0.3) is 0 Å². The quantitative estimate of drug-likeness (QED) is 0.620. The highest BCUT2D eigenvalue weighted by molar-refractivity contribution is 6.04. The molecule has 0 saturated heterocycles. The molecule has 0 aromatic heterocycles. The molecule has 4 nitrogen and oxygen atoms in total. The van der Waals surface area contributed by atoms with Crippen LogP contribution >= 0.6 is 0 Å². The second-order valence-corrected chi connectivity index (χ2v) is 10.8. The summed E-state index contributed by atoms with van der Waals surface area (Å²) in [5, 5.41) is 10.8. The Morgan fingerprint density at radius 3 is 2.42 bits per heavy atom. The van der Waals surface area contributed by atoms with Gasteiger partial charge in [0.1, 0.15) is 17.3 Å². The summed E-state index contributed by atoms with van der Waals surface area (Å²) >= 11 is 0. The van der Waals surface area contributed by atoms with Crippen molar-refractivity contribution >= 4 is 17.6 Å². The van der Waals surface area contributed by atoms with Crippen LogP contribution in [-0.4, -0.2) is 16.7 Å². The van der Waals surface area contributed by atoms with Gasteiger partial charge < -0.3 is 9.84 Å². The maximum atomic E-state index is 13.1. The van der Waals surface area contributed by atoms with Crippen molar-refractivity contribution in [2.75, 3.05) is 0 Å². The monoisotopic (exact) mass is 416 g/mol. The lowest BCUT2D eigenvalue weighted by atomic mass is 9.70. The SMILES string of the molecule is CC1(C)CC(=O)C(C2C=CC=C3Oc4ccc5c(c4C=C32)C(=O)CC(C)(C)C5)=C(O)C1. The van der Waals surface area contributed by atoms with Crippen LogP contribution in [0.1, 0.15) is 68.4 Å². The van der Waals surface area contributed by atoms with Gasteiger partial charge in [0, 0.05) is 47.5 Å². The fourth-order valence-corrected chi connectivity index (χ4v) is 5.50. The van der Waals surface area contributed by atoms with Crippen LogP contribution in [-0.2, 0) is 11.2 Å². The van der Waals surface area contributed by atoms with E-state index in [1.807, 2.05) is 50.3 Å². The van der Waals surface area contributed by atoms with E-state index >= 15 is 0 Å². The van der Waals surface area contributed by atoms with Crippen LogP contribution in [0.3, 0.4) is 0 Å². The van der Waals surface area contributed by atoms with E-state index in [1.165, 1.54) is 0 Å². The molecule has 0 amide bonds. The highest BCUT2D eigenvalue weighted by atomic mass is 16.5. The molecule has 1 aromatic carbocycles. The summed E-state index contributed by atoms with van der Waals surface area (Å²) in [6.07, 6.45) is 9.93. The van der Waals surface area contributed by atoms with Crippen molar-refractivity contribution in [1.82, 2.24) is 0 Å². The third-order valence-electron chi connectivity index (χ3n) is 6.78. The zero-order valence-corrected chi connectivity index (χ0v) is 18.5. The average molecular weight is 417 g/mol. The number of aliphatic hydroxyl groups is 1. The van der Waals surface area contributed by atoms with Crippen LogP contribution in [0.4, 0.5) is 0 Å². The molecule has 4 aliphatic rings. The van der Waals surface area contributed by atoms with Gasteiger partial charge in [0.2, 0.25) is 0 Å². The van der Waals surface area contributed by atoms with E-state index in [9.17, 15) is 14.7 Å². The molecule has 1 N–H and O–H groups in total. The molecule has 1 aliphatic heterocycles. The maximum absolute atomic E-state index is 13.1. The third kappa shape index (κ3) is 3.29. The Balaban J connectivity index is 1.64. The minimum Gasteiger partial charge on any atom is -0.512 e. The first-order chi connectivity index (χ1) is 14.5. The van der Waals surface area contributed by atoms with Crippen LogP contribution in [0.25, 0.3) is 6.08 Å². The van der Waals surface area contributed by atoms with Gasteiger partial charge in [0.15, 0.2) is 11.6 Å². The number of rotatable bonds is 1. The van der Waals surface area contributed by atoms with Gasteiger partial charge in [-0.2, -0.15) is 0 Å². The molecule has 0 radical (unpaired) electrons. The van der Waals surface area contributed by atoms with Crippen molar-refractivity contribution in [3.8, 4) is 5.75 Å². The number of aliphatic hydroxyl groups excluding tert-OH is 1. The average Bonchev–Trinajstić information content (AvgIpc) is 2.63. The van der Waals surface area contributed by atoms with Gasteiger partial charge >= 0.3 is 0 Å². The van der Waals surface area contributed by atoms with E-state index in [1.54, 1.807) is 0 Å². The standard InChI is InChI=1S/C27H28O4/c1-26(2)11-15-8-9-23-18(24(15)19(28)12-26)10-17-16(6-5-7-22(17)31-23)25-20(29)13-27(3,4)14-21(25)30/h5-10,16,29H,11-14H2,1-4H3. The molecule has 1 heterocycles. The van der Waals surface area contributed by atoms with E-state index in [0.29, 0.717) is 36.3 Å². The Bertz CT molecular complexity index is 1150. The third-order valence-corrected chi connectivity index (χ3v) is 6.78. The predicted octanol–water partition coefficient (Wildman–Crippen LogP) is 5.89. The van der Waals surface area contributed by atoms with Crippen molar-refractivity contribution in [1.29, 1.82) is 0 Å². The van der Waals surface area contributed by atoms with Crippen LogP contribution in [0.15, 0.2) is 53.0 Å². The largest absolute Gasteiger partial charge is 0.512 e.